The maximum absolute atomic E-state index is 9.12. The summed E-state index contributed by atoms with van der Waals surface area (Å²) in [5, 5.41) is 9.12. The topological polar surface area (TPSA) is 46.2 Å². The lowest BCUT2D eigenvalue weighted by atomic mass is 9.72. The van der Waals surface area contributed by atoms with Crippen LogP contribution in [0.25, 0.3) is 0 Å². The van der Waals surface area contributed by atoms with Gasteiger partial charge in [-0.1, -0.05) is 26.7 Å². The maximum Gasteiger partial charge on any atom is 0.0611 e. The van der Waals surface area contributed by atoms with Gasteiger partial charge < -0.3 is 10.8 Å². The van der Waals surface area contributed by atoms with Crippen molar-refractivity contribution in [2.24, 2.45) is 17.6 Å². The zero-order valence-corrected chi connectivity index (χ0v) is 8.21. The van der Waals surface area contributed by atoms with E-state index in [0.717, 1.165) is 18.8 Å². The van der Waals surface area contributed by atoms with E-state index in [1.165, 1.54) is 12.8 Å². The molecule has 0 aliphatic heterocycles. The van der Waals surface area contributed by atoms with Crippen LogP contribution in [0.1, 0.15) is 39.5 Å². The molecule has 3 N–H and O–H groups in total. The zero-order chi connectivity index (χ0) is 9.19. The molecule has 0 aromatic carbocycles. The lowest BCUT2D eigenvalue weighted by Crippen LogP contribution is -2.48. The summed E-state index contributed by atoms with van der Waals surface area (Å²) in [6.45, 7) is 4.64. The predicted octanol–water partition coefficient (Wildman–Crippen LogP) is 1.52. The first-order valence-corrected chi connectivity index (χ1v) is 4.97. The van der Waals surface area contributed by atoms with Crippen molar-refractivity contribution in [2.45, 2.75) is 45.1 Å². The third kappa shape index (κ3) is 2.20. The van der Waals surface area contributed by atoms with E-state index in [1.54, 1.807) is 0 Å². The minimum Gasteiger partial charge on any atom is -0.394 e. The summed E-state index contributed by atoms with van der Waals surface area (Å²) in [6.07, 6.45) is 4.46. The standard InChI is InChI=1S/C10H21NO/c1-8(2)9-4-3-5-10(11,6-9)7-12/h8-9,12H,3-7,11H2,1-2H3. The Morgan fingerprint density at radius 1 is 1.58 bits per heavy atom. The SMILES string of the molecule is CC(C)C1CCCC(N)(CO)C1. The lowest BCUT2D eigenvalue weighted by molar-refractivity contribution is 0.112. The van der Waals surface area contributed by atoms with E-state index in [2.05, 4.69) is 13.8 Å². The molecule has 2 nitrogen and oxygen atoms in total. The molecule has 0 aromatic rings. The molecule has 0 bridgehead atoms. The van der Waals surface area contributed by atoms with Crippen molar-refractivity contribution in [3.05, 3.63) is 0 Å². The van der Waals surface area contributed by atoms with Crippen LogP contribution in [0.2, 0.25) is 0 Å². The van der Waals surface area contributed by atoms with Crippen LogP contribution in [-0.4, -0.2) is 17.3 Å². The molecule has 2 unspecified atom stereocenters. The molecule has 0 amide bonds. The van der Waals surface area contributed by atoms with E-state index in [9.17, 15) is 0 Å². The molecule has 0 radical (unpaired) electrons. The van der Waals surface area contributed by atoms with Gasteiger partial charge in [-0.05, 0) is 24.7 Å². The van der Waals surface area contributed by atoms with Gasteiger partial charge in [0.2, 0.25) is 0 Å². The molecule has 1 fully saturated rings. The van der Waals surface area contributed by atoms with E-state index in [1.807, 2.05) is 0 Å². The van der Waals surface area contributed by atoms with Gasteiger partial charge in [-0.2, -0.15) is 0 Å². The molecule has 72 valence electrons. The Balaban J connectivity index is 2.51. The average Bonchev–Trinajstić information content (AvgIpc) is 2.05. The van der Waals surface area contributed by atoms with Crippen molar-refractivity contribution in [1.29, 1.82) is 0 Å². The summed E-state index contributed by atoms with van der Waals surface area (Å²) in [6, 6.07) is 0. The van der Waals surface area contributed by atoms with Crippen LogP contribution in [0.15, 0.2) is 0 Å². The van der Waals surface area contributed by atoms with Crippen molar-refractivity contribution >= 4 is 0 Å². The van der Waals surface area contributed by atoms with Gasteiger partial charge in [0, 0.05) is 5.54 Å². The molecule has 1 rings (SSSR count). The lowest BCUT2D eigenvalue weighted by Gasteiger charge is -2.38. The van der Waals surface area contributed by atoms with Crippen molar-refractivity contribution in [2.75, 3.05) is 6.61 Å². The predicted molar refractivity (Wildman–Crippen MR) is 50.8 cm³/mol. The molecule has 1 aliphatic carbocycles. The highest BCUT2D eigenvalue weighted by molar-refractivity contribution is 4.90. The Hall–Kier alpha value is -0.0800. The Morgan fingerprint density at radius 3 is 2.75 bits per heavy atom. The van der Waals surface area contributed by atoms with Gasteiger partial charge >= 0.3 is 0 Å². The first kappa shape index (κ1) is 10.0. The van der Waals surface area contributed by atoms with Crippen molar-refractivity contribution in [3.8, 4) is 0 Å². The first-order valence-electron chi connectivity index (χ1n) is 4.97. The summed E-state index contributed by atoms with van der Waals surface area (Å²) >= 11 is 0. The smallest absolute Gasteiger partial charge is 0.0611 e. The molecule has 0 saturated heterocycles. The number of nitrogens with two attached hydrogens (primary N) is 1. The van der Waals surface area contributed by atoms with Gasteiger partial charge in [0.05, 0.1) is 6.61 Å². The summed E-state index contributed by atoms with van der Waals surface area (Å²) in [5.74, 6) is 1.43. The minimum absolute atomic E-state index is 0.149. The summed E-state index contributed by atoms with van der Waals surface area (Å²) in [4.78, 5) is 0. The maximum atomic E-state index is 9.12. The first-order chi connectivity index (χ1) is 5.57. The third-order valence-corrected chi connectivity index (χ3v) is 3.18. The largest absolute Gasteiger partial charge is 0.394 e. The van der Waals surface area contributed by atoms with Crippen LogP contribution in [0, 0.1) is 11.8 Å². The van der Waals surface area contributed by atoms with E-state index < -0.39 is 0 Å². The fourth-order valence-corrected chi connectivity index (χ4v) is 2.16. The van der Waals surface area contributed by atoms with Crippen molar-refractivity contribution in [1.82, 2.24) is 0 Å². The molecule has 0 aromatic heterocycles. The second kappa shape index (κ2) is 3.75. The molecule has 0 spiro atoms. The van der Waals surface area contributed by atoms with Crippen LogP contribution >= 0.6 is 0 Å². The van der Waals surface area contributed by atoms with E-state index in [4.69, 9.17) is 10.8 Å². The number of hydrogen-bond acceptors (Lipinski definition) is 2. The Bertz CT molecular complexity index is 147. The zero-order valence-electron chi connectivity index (χ0n) is 8.21. The van der Waals surface area contributed by atoms with Gasteiger partial charge in [0.1, 0.15) is 0 Å². The molecular weight excluding hydrogens is 150 g/mol. The molecule has 1 aliphatic rings. The summed E-state index contributed by atoms with van der Waals surface area (Å²) in [7, 11) is 0. The van der Waals surface area contributed by atoms with Crippen LogP contribution in [0.4, 0.5) is 0 Å². The van der Waals surface area contributed by atoms with Crippen LogP contribution in [0.3, 0.4) is 0 Å². The Labute approximate surface area is 75.2 Å². The fraction of sp³-hybridized carbons (Fsp3) is 1.00. The molecule has 0 heterocycles. The minimum atomic E-state index is -0.271. The normalized spacial score (nSPS) is 37.2. The third-order valence-electron chi connectivity index (χ3n) is 3.18. The van der Waals surface area contributed by atoms with E-state index in [-0.39, 0.29) is 12.1 Å². The van der Waals surface area contributed by atoms with Gasteiger partial charge in [-0.15, -0.1) is 0 Å². The number of aliphatic hydroxyl groups is 1. The van der Waals surface area contributed by atoms with Gasteiger partial charge in [-0.3, -0.25) is 0 Å². The molecule has 2 heteroatoms. The number of aliphatic hydroxyl groups excluding tert-OH is 1. The van der Waals surface area contributed by atoms with Crippen LogP contribution in [0.5, 0.6) is 0 Å². The summed E-state index contributed by atoms with van der Waals surface area (Å²) < 4.78 is 0. The molecule has 1 saturated carbocycles. The van der Waals surface area contributed by atoms with Gasteiger partial charge in [-0.25, -0.2) is 0 Å². The highest BCUT2D eigenvalue weighted by Gasteiger charge is 2.33. The van der Waals surface area contributed by atoms with Crippen molar-refractivity contribution in [3.63, 3.8) is 0 Å². The van der Waals surface area contributed by atoms with Gasteiger partial charge in [0.15, 0.2) is 0 Å². The highest BCUT2D eigenvalue weighted by Crippen LogP contribution is 2.34. The number of hydrogen-bond donors (Lipinski definition) is 2. The molecular formula is C10H21NO. The van der Waals surface area contributed by atoms with E-state index >= 15 is 0 Å². The summed E-state index contributed by atoms with van der Waals surface area (Å²) in [5.41, 5.74) is 5.77. The monoisotopic (exact) mass is 171 g/mol. The second-order valence-electron chi connectivity index (χ2n) is 4.62. The Kier molecular flexibility index (Phi) is 3.13. The highest BCUT2D eigenvalue weighted by atomic mass is 16.3. The second-order valence-corrected chi connectivity index (χ2v) is 4.62. The molecule has 2 atom stereocenters. The Morgan fingerprint density at radius 2 is 2.25 bits per heavy atom. The molecule has 12 heavy (non-hydrogen) atoms. The van der Waals surface area contributed by atoms with E-state index in [0.29, 0.717) is 5.92 Å². The van der Waals surface area contributed by atoms with Gasteiger partial charge in [0.25, 0.3) is 0 Å². The number of rotatable bonds is 2. The average molecular weight is 171 g/mol. The van der Waals surface area contributed by atoms with Crippen molar-refractivity contribution < 1.29 is 5.11 Å². The quantitative estimate of drug-likeness (QED) is 0.661. The van der Waals surface area contributed by atoms with Crippen LogP contribution in [-0.2, 0) is 0 Å². The van der Waals surface area contributed by atoms with Crippen LogP contribution < -0.4 is 5.73 Å². The fourth-order valence-electron chi connectivity index (χ4n) is 2.16.